The molecule has 0 saturated heterocycles. The topological polar surface area (TPSA) is 37.3 Å². The van der Waals surface area contributed by atoms with Crippen LogP contribution in [0, 0.1) is 5.82 Å². The highest BCUT2D eigenvalue weighted by atomic mass is 127. The van der Waals surface area contributed by atoms with E-state index in [2.05, 4.69) is 0 Å². The van der Waals surface area contributed by atoms with Crippen LogP contribution < -0.4 is 0 Å². The number of hydrogen-bond donors (Lipinski definition) is 1. The third-order valence-corrected chi connectivity index (χ3v) is 3.81. The van der Waals surface area contributed by atoms with Gasteiger partial charge in [0, 0.05) is 9.99 Å². The van der Waals surface area contributed by atoms with Gasteiger partial charge in [-0.3, -0.25) is 4.79 Å². The van der Waals surface area contributed by atoms with Gasteiger partial charge in [0.05, 0.1) is 5.92 Å². The van der Waals surface area contributed by atoms with E-state index in [9.17, 15) is 9.18 Å². The Morgan fingerprint density at radius 2 is 1.89 bits per heavy atom. The van der Waals surface area contributed by atoms with Gasteiger partial charge >= 0.3 is 5.97 Å². The number of aliphatic carboxylic acids is 1. The van der Waals surface area contributed by atoms with E-state index in [1.165, 1.54) is 6.07 Å². The molecule has 0 amide bonds. The van der Waals surface area contributed by atoms with Gasteiger partial charge in [0.2, 0.25) is 0 Å². The zero-order valence-corrected chi connectivity index (χ0v) is 12.2. The number of alkyl halides is 1. The average molecular weight is 370 g/mol. The Balaban J connectivity index is 2.40. The maximum Gasteiger partial charge on any atom is 0.311 e. The van der Waals surface area contributed by atoms with E-state index in [1.807, 2.05) is 52.9 Å². The highest BCUT2D eigenvalue weighted by Gasteiger charge is 2.19. The van der Waals surface area contributed by atoms with Crippen molar-refractivity contribution in [2.24, 2.45) is 0 Å². The van der Waals surface area contributed by atoms with Crippen molar-refractivity contribution in [1.82, 2.24) is 0 Å². The number of hydrogen-bond acceptors (Lipinski definition) is 1. The zero-order chi connectivity index (χ0) is 13.8. The van der Waals surface area contributed by atoms with Crippen molar-refractivity contribution >= 4 is 28.6 Å². The highest BCUT2D eigenvalue weighted by Crippen LogP contribution is 2.27. The van der Waals surface area contributed by atoms with Crippen LogP contribution in [-0.4, -0.2) is 15.5 Å². The van der Waals surface area contributed by atoms with Gasteiger partial charge in [-0.1, -0.05) is 65.1 Å². The van der Waals surface area contributed by atoms with Gasteiger partial charge in [-0.15, -0.1) is 0 Å². The van der Waals surface area contributed by atoms with E-state index >= 15 is 0 Å². The molecule has 19 heavy (non-hydrogen) atoms. The molecule has 0 radical (unpaired) electrons. The largest absolute Gasteiger partial charge is 0.481 e. The molecule has 0 aliphatic rings. The minimum atomic E-state index is -0.929. The van der Waals surface area contributed by atoms with Crippen molar-refractivity contribution in [3.05, 3.63) is 59.9 Å². The number of carboxylic acid groups (broad SMARTS) is 1. The van der Waals surface area contributed by atoms with Gasteiger partial charge < -0.3 is 5.11 Å². The molecule has 0 heterocycles. The molecule has 1 N–H and O–H groups in total. The molecule has 0 saturated carbocycles. The van der Waals surface area contributed by atoms with Crippen LogP contribution in [0.4, 0.5) is 4.39 Å². The van der Waals surface area contributed by atoms with Crippen LogP contribution in [0.3, 0.4) is 0 Å². The molecule has 0 aromatic heterocycles. The SMILES string of the molecule is O=C(O)[C@@H](CI)c1ccc(-c2ccccc2)c(F)c1. The van der Waals surface area contributed by atoms with Crippen molar-refractivity contribution in [2.45, 2.75) is 5.92 Å². The van der Waals surface area contributed by atoms with Crippen LogP contribution in [0.5, 0.6) is 0 Å². The molecule has 0 aliphatic carbocycles. The second-order valence-corrected chi connectivity index (χ2v) is 5.03. The van der Waals surface area contributed by atoms with Gasteiger partial charge in [0.15, 0.2) is 0 Å². The van der Waals surface area contributed by atoms with Crippen LogP contribution in [0.2, 0.25) is 0 Å². The van der Waals surface area contributed by atoms with Crippen molar-refractivity contribution < 1.29 is 14.3 Å². The van der Waals surface area contributed by atoms with Gasteiger partial charge in [-0.05, 0) is 17.2 Å². The monoisotopic (exact) mass is 370 g/mol. The smallest absolute Gasteiger partial charge is 0.311 e. The molecule has 2 nitrogen and oxygen atoms in total. The lowest BCUT2D eigenvalue weighted by molar-refractivity contribution is -0.138. The Hall–Kier alpha value is -1.43. The second kappa shape index (κ2) is 6.14. The molecule has 0 spiro atoms. The molecular weight excluding hydrogens is 358 g/mol. The third-order valence-electron chi connectivity index (χ3n) is 2.93. The van der Waals surface area contributed by atoms with Gasteiger partial charge in [0.1, 0.15) is 5.82 Å². The first-order valence-corrected chi connectivity index (χ1v) is 7.29. The van der Waals surface area contributed by atoms with Gasteiger partial charge in [-0.2, -0.15) is 0 Å². The normalized spacial score (nSPS) is 12.1. The van der Waals surface area contributed by atoms with Crippen LogP contribution in [0.25, 0.3) is 11.1 Å². The molecule has 0 aliphatic heterocycles. The first kappa shape index (κ1) is 14.0. The van der Waals surface area contributed by atoms with Crippen molar-refractivity contribution in [3.8, 4) is 11.1 Å². The number of benzene rings is 2. The summed E-state index contributed by atoms with van der Waals surface area (Å²) in [7, 11) is 0. The summed E-state index contributed by atoms with van der Waals surface area (Å²) in [6, 6.07) is 13.8. The first-order chi connectivity index (χ1) is 9.13. The lowest BCUT2D eigenvalue weighted by Crippen LogP contribution is -2.13. The Morgan fingerprint density at radius 1 is 1.21 bits per heavy atom. The Labute approximate surface area is 124 Å². The summed E-state index contributed by atoms with van der Waals surface area (Å²) in [6.07, 6.45) is 0. The average Bonchev–Trinajstić information content (AvgIpc) is 2.40. The first-order valence-electron chi connectivity index (χ1n) is 5.77. The molecule has 2 rings (SSSR count). The van der Waals surface area contributed by atoms with Gasteiger partial charge in [0.25, 0.3) is 0 Å². The minimum absolute atomic E-state index is 0.389. The highest BCUT2D eigenvalue weighted by molar-refractivity contribution is 14.1. The van der Waals surface area contributed by atoms with E-state index in [0.717, 1.165) is 5.56 Å². The summed E-state index contributed by atoms with van der Waals surface area (Å²) in [5.74, 6) is -1.99. The van der Waals surface area contributed by atoms with Crippen LogP contribution >= 0.6 is 22.6 Å². The van der Waals surface area contributed by atoms with Crippen molar-refractivity contribution in [2.75, 3.05) is 4.43 Å². The fourth-order valence-electron chi connectivity index (χ4n) is 1.90. The maximum absolute atomic E-state index is 14.1. The quantitative estimate of drug-likeness (QED) is 0.650. The molecule has 4 heteroatoms. The Kier molecular flexibility index (Phi) is 4.52. The number of halogens is 2. The third kappa shape index (κ3) is 3.12. The number of carboxylic acids is 1. The van der Waals surface area contributed by atoms with E-state index < -0.39 is 11.9 Å². The van der Waals surface area contributed by atoms with E-state index in [1.54, 1.807) is 12.1 Å². The lowest BCUT2D eigenvalue weighted by Gasteiger charge is -2.11. The fraction of sp³-hybridized carbons (Fsp3) is 0.133. The van der Waals surface area contributed by atoms with Crippen LogP contribution in [0.15, 0.2) is 48.5 Å². The number of carbonyl (C=O) groups is 1. The van der Waals surface area contributed by atoms with Crippen LogP contribution in [-0.2, 0) is 4.79 Å². The molecule has 0 bridgehead atoms. The molecule has 1 atom stereocenters. The fourth-order valence-corrected chi connectivity index (χ4v) is 2.78. The van der Waals surface area contributed by atoms with Crippen LogP contribution in [0.1, 0.15) is 11.5 Å². The second-order valence-electron chi connectivity index (χ2n) is 4.15. The summed E-state index contributed by atoms with van der Waals surface area (Å²) in [6.45, 7) is 0. The summed E-state index contributed by atoms with van der Waals surface area (Å²) >= 11 is 2.00. The molecular formula is C15H12FIO2. The molecule has 2 aromatic rings. The summed E-state index contributed by atoms with van der Waals surface area (Å²) < 4.78 is 14.5. The lowest BCUT2D eigenvalue weighted by atomic mass is 9.97. The predicted molar refractivity (Wildman–Crippen MR) is 81.1 cm³/mol. The summed E-state index contributed by atoms with van der Waals surface area (Å²) in [4.78, 5) is 11.1. The Bertz CT molecular complexity index is 584. The number of rotatable bonds is 4. The minimum Gasteiger partial charge on any atom is -0.481 e. The van der Waals surface area contributed by atoms with E-state index in [0.29, 0.717) is 15.6 Å². The zero-order valence-electron chi connectivity index (χ0n) is 10.0. The van der Waals surface area contributed by atoms with E-state index in [-0.39, 0.29) is 5.82 Å². The molecule has 0 unspecified atom stereocenters. The molecule has 0 fully saturated rings. The van der Waals surface area contributed by atoms with Crippen molar-refractivity contribution in [3.63, 3.8) is 0 Å². The summed E-state index contributed by atoms with van der Waals surface area (Å²) in [5.41, 5.74) is 1.77. The molecule has 98 valence electrons. The molecule has 2 aromatic carbocycles. The van der Waals surface area contributed by atoms with Crippen molar-refractivity contribution in [1.29, 1.82) is 0 Å². The summed E-state index contributed by atoms with van der Waals surface area (Å²) in [5, 5.41) is 9.08. The maximum atomic E-state index is 14.1. The van der Waals surface area contributed by atoms with E-state index in [4.69, 9.17) is 5.11 Å². The Morgan fingerprint density at radius 3 is 2.42 bits per heavy atom. The standard InChI is InChI=1S/C15H12FIO2/c16-14-8-11(13(9-17)15(18)19)6-7-12(14)10-4-2-1-3-5-10/h1-8,13H,9H2,(H,18,19)/t13-/m0/s1. The van der Waals surface area contributed by atoms with Gasteiger partial charge in [-0.25, -0.2) is 4.39 Å². The predicted octanol–water partition coefficient (Wildman–Crippen LogP) is 4.10.